The van der Waals surface area contributed by atoms with Crippen molar-refractivity contribution >= 4 is 54.7 Å². The zero-order chi connectivity index (χ0) is 22.1. The van der Waals surface area contributed by atoms with Crippen molar-refractivity contribution in [3.63, 3.8) is 0 Å². The number of piperidine rings is 1. The van der Waals surface area contributed by atoms with Crippen molar-refractivity contribution in [2.75, 3.05) is 24.7 Å². The molecule has 3 rings (SSSR count). The molecule has 0 aromatic heterocycles. The van der Waals surface area contributed by atoms with Gasteiger partial charge in [0.15, 0.2) is 9.84 Å². The molecular formula is C19H20Cl2N2O5S2. The quantitative estimate of drug-likeness (QED) is 0.691. The fourth-order valence-electron chi connectivity index (χ4n) is 3.20. The molecule has 0 aliphatic carbocycles. The summed E-state index contributed by atoms with van der Waals surface area (Å²) in [6, 6.07) is 10.0. The first kappa shape index (κ1) is 23.0. The van der Waals surface area contributed by atoms with Crippen LogP contribution in [0, 0.1) is 5.92 Å². The summed E-state index contributed by atoms with van der Waals surface area (Å²) >= 11 is 12.0. The molecule has 0 atom stereocenters. The minimum absolute atomic E-state index is 0.0590. The smallest absolute Gasteiger partial charge is 0.243 e. The zero-order valence-electron chi connectivity index (χ0n) is 16.0. The Labute approximate surface area is 186 Å². The summed E-state index contributed by atoms with van der Waals surface area (Å²) in [5, 5.41) is 3.54. The minimum atomic E-state index is -3.87. The minimum Gasteiger partial charge on any atom is -0.324 e. The molecule has 1 N–H and O–H groups in total. The summed E-state index contributed by atoms with van der Waals surface area (Å²) in [4.78, 5) is 12.4. The number of benzene rings is 2. The summed E-state index contributed by atoms with van der Waals surface area (Å²) in [5.41, 5.74) is 0.404. The Bertz CT molecular complexity index is 1180. The molecule has 0 bridgehead atoms. The Morgan fingerprint density at radius 2 is 1.63 bits per heavy atom. The van der Waals surface area contributed by atoms with Gasteiger partial charge in [-0.25, -0.2) is 16.8 Å². The van der Waals surface area contributed by atoms with Crippen LogP contribution in [0.3, 0.4) is 0 Å². The predicted octanol–water partition coefficient (Wildman–Crippen LogP) is 3.44. The number of amides is 1. The predicted molar refractivity (Wildman–Crippen MR) is 116 cm³/mol. The third kappa shape index (κ3) is 5.15. The molecule has 11 heteroatoms. The van der Waals surface area contributed by atoms with E-state index in [2.05, 4.69) is 5.32 Å². The molecule has 1 fully saturated rings. The van der Waals surface area contributed by atoms with Crippen LogP contribution in [0.4, 0.5) is 5.69 Å². The maximum absolute atomic E-state index is 12.9. The van der Waals surface area contributed by atoms with E-state index in [0.717, 1.165) is 12.3 Å². The second-order valence-corrected chi connectivity index (χ2v) is 11.8. The van der Waals surface area contributed by atoms with Crippen molar-refractivity contribution in [1.29, 1.82) is 0 Å². The van der Waals surface area contributed by atoms with Gasteiger partial charge in [0.1, 0.15) is 0 Å². The highest BCUT2D eigenvalue weighted by molar-refractivity contribution is 7.91. The van der Waals surface area contributed by atoms with Gasteiger partial charge in [0.25, 0.3) is 0 Å². The van der Waals surface area contributed by atoms with Crippen LogP contribution in [-0.4, -0.2) is 46.4 Å². The third-order valence-corrected chi connectivity index (χ3v) is 8.45. The van der Waals surface area contributed by atoms with E-state index in [9.17, 15) is 21.6 Å². The Morgan fingerprint density at radius 3 is 2.27 bits per heavy atom. The molecule has 2 aromatic rings. The normalized spacial score (nSPS) is 16.4. The van der Waals surface area contributed by atoms with Gasteiger partial charge in [0, 0.05) is 30.3 Å². The number of hydrogen-bond acceptors (Lipinski definition) is 5. The maximum Gasteiger partial charge on any atom is 0.243 e. The summed E-state index contributed by atoms with van der Waals surface area (Å²) in [5.74, 6) is -0.635. The number of carbonyl (C=O) groups is 1. The van der Waals surface area contributed by atoms with Crippen molar-refractivity contribution in [2.24, 2.45) is 5.92 Å². The van der Waals surface area contributed by atoms with Crippen LogP contribution >= 0.6 is 23.2 Å². The number of anilines is 1. The van der Waals surface area contributed by atoms with E-state index in [1.807, 2.05) is 0 Å². The molecule has 30 heavy (non-hydrogen) atoms. The van der Waals surface area contributed by atoms with E-state index < -0.39 is 19.9 Å². The highest BCUT2D eigenvalue weighted by Crippen LogP contribution is 2.29. The van der Waals surface area contributed by atoms with Gasteiger partial charge >= 0.3 is 0 Å². The van der Waals surface area contributed by atoms with Gasteiger partial charge < -0.3 is 5.32 Å². The first-order valence-corrected chi connectivity index (χ1v) is 13.1. The number of rotatable bonds is 5. The molecule has 2 aromatic carbocycles. The van der Waals surface area contributed by atoms with E-state index >= 15 is 0 Å². The average molecular weight is 491 g/mol. The highest BCUT2D eigenvalue weighted by atomic mass is 35.5. The van der Waals surface area contributed by atoms with Gasteiger partial charge in [-0.15, -0.1) is 0 Å². The van der Waals surface area contributed by atoms with E-state index in [0.29, 0.717) is 28.6 Å². The topological polar surface area (TPSA) is 101 Å². The van der Waals surface area contributed by atoms with Gasteiger partial charge in [-0.3, -0.25) is 4.79 Å². The standard InChI is InChI=1S/C19H20Cl2N2O5S2/c1-29(25,26)15-3-2-4-16(12-15)30(27,28)23-9-7-13(8-10-23)19(24)22-18-11-14(20)5-6-17(18)21/h2-6,11-13H,7-10H2,1H3,(H,22,24). The van der Waals surface area contributed by atoms with E-state index in [1.165, 1.54) is 22.5 Å². The molecule has 7 nitrogen and oxygen atoms in total. The number of halogens is 2. The van der Waals surface area contributed by atoms with Gasteiger partial charge in [-0.2, -0.15) is 4.31 Å². The fourth-order valence-corrected chi connectivity index (χ4v) is 5.80. The number of sulfonamides is 1. The third-order valence-electron chi connectivity index (χ3n) is 4.88. The second kappa shape index (κ2) is 8.84. The maximum atomic E-state index is 12.9. The first-order valence-electron chi connectivity index (χ1n) is 9.04. The zero-order valence-corrected chi connectivity index (χ0v) is 19.2. The lowest BCUT2D eigenvalue weighted by Crippen LogP contribution is -2.41. The highest BCUT2D eigenvalue weighted by Gasteiger charge is 2.32. The lowest BCUT2D eigenvalue weighted by atomic mass is 9.97. The van der Waals surface area contributed by atoms with Crippen molar-refractivity contribution in [1.82, 2.24) is 4.31 Å². The Morgan fingerprint density at radius 1 is 1.00 bits per heavy atom. The molecule has 1 heterocycles. The van der Waals surface area contributed by atoms with Crippen LogP contribution < -0.4 is 5.32 Å². The van der Waals surface area contributed by atoms with E-state index in [4.69, 9.17) is 23.2 Å². The van der Waals surface area contributed by atoms with Crippen LogP contribution in [0.5, 0.6) is 0 Å². The van der Waals surface area contributed by atoms with Gasteiger partial charge in [0.05, 0.1) is 20.5 Å². The summed E-state index contributed by atoms with van der Waals surface area (Å²) in [6.45, 7) is 0.291. The number of hydrogen-bond donors (Lipinski definition) is 1. The van der Waals surface area contributed by atoms with Gasteiger partial charge in [-0.05, 0) is 49.2 Å². The largest absolute Gasteiger partial charge is 0.324 e. The lowest BCUT2D eigenvalue weighted by molar-refractivity contribution is -0.120. The van der Waals surface area contributed by atoms with E-state index in [-0.39, 0.29) is 34.7 Å². The summed E-state index contributed by atoms with van der Waals surface area (Å²) in [7, 11) is -7.40. The van der Waals surface area contributed by atoms with Crippen molar-refractivity contribution in [3.8, 4) is 0 Å². The van der Waals surface area contributed by atoms with Gasteiger partial charge in [-0.1, -0.05) is 29.3 Å². The molecule has 1 amide bonds. The number of sulfone groups is 1. The molecule has 1 saturated heterocycles. The Hall–Kier alpha value is -1.65. The number of nitrogens with zero attached hydrogens (tertiary/aromatic N) is 1. The first-order chi connectivity index (χ1) is 14.0. The number of carbonyl (C=O) groups excluding carboxylic acids is 1. The monoisotopic (exact) mass is 490 g/mol. The van der Waals surface area contributed by atoms with Crippen molar-refractivity contribution in [3.05, 3.63) is 52.5 Å². The van der Waals surface area contributed by atoms with Crippen LogP contribution in [0.25, 0.3) is 0 Å². The van der Waals surface area contributed by atoms with Crippen LogP contribution in [-0.2, 0) is 24.7 Å². The summed E-state index contributed by atoms with van der Waals surface area (Å²) in [6.07, 6.45) is 1.68. The molecule has 0 unspecified atom stereocenters. The molecule has 0 spiro atoms. The summed E-state index contributed by atoms with van der Waals surface area (Å²) < 4.78 is 50.6. The molecule has 0 saturated carbocycles. The SMILES string of the molecule is CS(=O)(=O)c1cccc(S(=O)(=O)N2CCC(C(=O)Nc3cc(Cl)ccc3Cl)CC2)c1. The Kier molecular flexibility index (Phi) is 6.78. The van der Waals surface area contributed by atoms with Crippen LogP contribution in [0.15, 0.2) is 52.3 Å². The van der Waals surface area contributed by atoms with Crippen LogP contribution in [0.1, 0.15) is 12.8 Å². The average Bonchev–Trinajstić information content (AvgIpc) is 2.70. The lowest BCUT2D eigenvalue weighted by Gasteiger charge is -2.30. The molecule has 1 aliphatic rings. The number of nitrogens with one attached hydrogen (secondary N) is 1. The fraction of sp³-hybridized carbons (Fsp3) is 0.316. The van der Waals surface area contributed by atoms with E-state index in [1.54, 1.807) is 18.2 Å². The Balaban J connectivity index is 1.69. The molecule has 162 valence electrons. The van der Waals surface area contributed by atoms with Crippen molar-refractivity contribution in [2.45, 2.75) is 22.6 Å². The molecule has 1 aliphatic heterocycles. The molecular weight excluding hydrogens is 471 g/mol. The second-order valence-electron chi connectivity index (χ2n) is 7.04. The van der Waals surface area contributed by atoms with Crippen LogP contribution in [0.2, 0.25) is 10.0 Å². The van der Waals surface area contributed by atoms with Gasteiger partial charge in [0.2, 0.25) is 15.9 Å². The van der Waals surface area contributed by atoms with Crippen molar-refractivity contribution < 1.29 is 21.6 Å². The molecule has 0 radical (unpaired) electrons.